The number of hydrogen-bond donors (Lipinski definition) is 1. The van der Waals surface area contributed by atoms with Crippen LogP contribution < -0.4 is 10.5 Å². The molecule has 84 valence electrons. The third-order valence-corrected chi connectivity index (χ3v) is 2.01. The van der Waals surface area contributed by atoms with Crippen LogP contribution in [0.2, 0.25) is 0 Å². The van der Waals surface area contributed by atoms with E-state index < -0.39 is 11.6 Å². The van der Waals surface area contributed by atoms with Gasteiger partial charge < -0.3 is 14.9 Å². The van der Waals surface area contributed by atoms with E-state index in [0.29, 0.717) is 11.8 Å². The first-order valence-electron chi connectivity index (χ1n) is 4.56. The van der Waals surface area contributed by atoms with E-state index in [0.717, 1.165) is 6.07 Å². The Morgan fingerprint density at radius 3 is 2.81 bits per heavy atom. The van der Waals surface area contributed by atoms with Crippen molar-refractivity contribution >= 4 is 5.69 Å². The minimum Gasteiger partial charge on any atom is -0.483 e. The van der Waals surface area contributed by atoms with Crippen LogP contribution in [-0.2, 0) is 6.61 Å². The molecule has 0 amide bonds. The van der Waals surface area contributed by atoms with Gasteiger partial charge in [0.05, 0.1) is 6.26 Å². The lowest BCUT2D eigenvalue weighted by molar-refractivity contribution is 0.269. The van der Waals surface area contributed by atoms with Gasteiger partial charge in [-0.25, -0.2) is 8.78 Å². The fourth-order valence-corrected chi connectivity index (χ4v) is 1.22. The van der Waals surface area contributed by atoms with Gasteiger partial charge in [-0.2, -0.15) is 0 Å². The van der Waals surface area contributed by atoms with E-state index in [-0.39, 0.29) is 18.0 Å². The van der Waals surface area contributed by atoms with Gasteiger partial charge >= 0.3 is 0 Å². The summed E-state index contributed by atoms with van der Waals surface area (Å²) in [6.07, 6.45) is 1.48. The van der Waals surface area contributed by atoms with Gasteiger partial charge in [-0.1, -0.05) is 0 Å². The zero-order valence-corrected chi connectivity index (χ0v) is 8.24. The highest BCUT2D eigenvalue weighted by molar-refractivity contribution is 5.53. The third kappa shape index (κ3) is 2.13. The van der Waals surface area contributed by atoms with Crippen LogP contribution in [0.3, 0.4) is 0 Å². The van der Waals surface area contributed by atoms with Crippen LogP contribution in [0.25, 0.3) is 0 Å². The minimum absolute atomic E-state index is 0.0334. The fourth-order valence-electron chi connectivity index (χ4n) is 1.22. The zero-order chi connectivity index (χ0) is 11.5. The van der Waals surface area contributed by atoms with Crippen molar-refractivity contribution < 1.29 is 17.9 Å². The number of benzene rings is 1. The topological polar surface area (TPSA) is 48.4 Å². The summed E-state index contributed by atoms with van der Waals surface area (Å²) in [6.45, 7) is 0.0695. The van der Waals surface area contributed by atoms with Crippen molar-refractivity contribution in [1.29, 1.82) is 0 Å². The summed E-state index contributed by atoms with van der Waals surface area (Å²) in [5, 5.41) is 0. The molecule has 1 aromatic heterocycles. The van der Waals surface area contributed by atoms with Gasteiger partial charge in [-0.05, 0) is 12.1 Å². The van der Waals surface area contributed by atoms with Crippen molar-refractivity contribution in [2.45, 2.75) is 6.61 Å². The highest BCUT2D eigenvalue weighted by Crippen LogP contribution is 2.26. The first-order chi connectivity index (χ1) is 7.66. The molecule has 3 nitrogen and oxygen atoms in total. The van der Waals surface area contributed by atoms with Gasteiger partial charge in [0, 0.05) is 12.1 Å². The lowest BCUT2D eigenvalue weighted by atomic mass is 10.3. The maximum atomic E-state index is 13.0. The predicted octanol–water partition coefficient (Wildman–Crippen LogP) is 2.72. The van der Waals surface area contributed by atoms with E-state index in [2.05, 4.69) is 0 Å². The number of ether oxygens (including phenoxy) is 1. The molecule has 0 radical (unpaired) electrons. The van der Waals surface area contributed by atoms with E-state index in [9.17, 15) is 8.78 Å². The van der Waals surface area contributed by atoms with E-state index in [1.165, 1.54) is 6.26 Å². The van der Waals surface area contributed by atoms with Crippen molar-refractivity contribution in [2.24, 2.45) is 0 Å². The Morgan fingerprint density at radius 1 is 1.31 bits per heavy atom. The second-order valence-corrected chi connectivity index (χ2v) is 3.17. The summed E-state index contributed by atoms with van der Waals surface area (Å²) < 4.78 is 36.1. The highest BCUT2D eigenvalue weighted by atomic mass is 19.1. The number of halogens is 2. The van der Waals surface area contributed by atoms with E-state index >= 15 is 0 Å². The molecule has 0 aliphatic carbocycles. The van der Waals surface area contributed by atoms with Gasteiger partial charge in [-0.15, -0.1) is 0 Å². The Morgan fingerprint density at radius 2 is 2.12 bits per heavy atom. The van der Waals surface area contributed by atoms with Crippen LogP contribution in [-0.4, -0.2) is 0 Å². The van der Waals surface area contributed by atoms with Crippen LogP contribution in [0, 0.1) is 11.6 Å². The minimum atomic E-state index is -0.838. The zero-order valence-electron chi connectivity index (χ0n) is 8.24. The van der Waals surface area contributed by atoms with Gasteiger partial charge in [-0.3, -0.25) is 0 Å². The Balaban J connectivity index is 2.15. The van der Waals surface area contributed by atoms with Crippen molar-refractivity contribution in [3.8, 4) is 5.75 Å². The molecule has 1 aromatic carbocycles. The van der Waals surface area contributed by atoms with Gasteiger partial charge in [0.25, 0.3) is 0 Å². The molecule has 0 unspecified atom stereocenters. The molecule has 16 heavy (non-hydrogen) atoms. The van der Waals surface area contributed by atoms with Crippen LogP contribution in [0.5, 0.6) is 5.75 Å². The number of anilines is 1. The molecule has 1 heterocycles. The molecule has 0 saturated carbocycles. The summed E-state index contributed by atoms with van der Waals surface area (Å²) in [6, 6.07) is 5.11. The van der Waals surface area contributed by atoms with Crippen molar-refractivity contribution in [3.05, 3.63) is 47.9 Å². The summed E-state index contributed by atoms with van der Waals surface area (Å²) in [5.41, 5.74) is 5.18. The molecular formula is C11H9F2NO2. The quantitative estimate of drug-likeness (QED) is 0.817. The molecule has 0 aliphatic rings. The van der Waals surface area contributed by atoms with Gasteiger partial charge in [0.15, 0.2) is 5.82 Å². The number of nitrogen functional groups attached to an aromatic ring is 1. The molecule has 0 fully saturated rings. The Bertz CT molecular complexity index is 483. The van der Waals surface area contributed by atoms with Gasteiger partial charge in [0.1, 0.15) is 29.6 Å². The second-order valence-electron chi connectivity index (χ2n) is 3.17. The highest BCUT2D eigenvalue weighted by Gasteiger charge is 2.09. The number of furan rings is 1. The lowest BCUT2D eigenvalue weighted by Crippen LogP contribution is -2.00. The Kier molecular flexibility index (Phi) is 2.76. The van der Waals surface area contributed by atoms with Gasteiger partial charge in [0.2, 0.25) is 0 Å². The molecule has 2 aromatic rings. The first-order valence-corrected chi connectivity index (χ1v) is 4.56. The smallest absolute Gasteiger partial charge is 0.152 e. The SMILES string of the molecule is Nc1c(F)cc(F)cc1OCc1ccco1. The monoisotopic (exact) mass is 225 g/mol. The van der Waals surface area contributed by atoms with Crippen LogP contribution in [0.4, 0.5) is 14.5 Å². The fraction of sp³-hybridized carbons (Fsp3) is 0.0909. The number of nitrogens with two attached hydrogens (primary N) is 1. The number of hydrogen-bond acceptors (Lipinski definition) is 3. The van der Waals surface area contributed by atoms with Crippen LogP contribution >= 0.6 is 0 Å². The molecule has 0 aliphatic heterocycles. The standard InChI is InChI=1S/C11H9F2NO2/c12-7-4-9(13)11(14)10(5-7)16-6-8-2-1-3-15-8/h1-5H,6,14H2. The molecule has 2 rings (SSSR count). The Hall–Kier alpha value is -2.04. The van der Waals surface area contributed by atoms with E-state index in [4.69, 9.17) is 14.9 Å². The molecule has 2 N–H and O–H groups in total. The van der Waals surface area contributed by atoms with Crippen LogP contribution in [0.15, 0.2) is 34.9 Å². The van der Waals surface area contributed by atoms with E-state index in [1.807, 2.05) is 0 Å². The molecular weight excluding hydrogens is 216 g/mol. The molecule has 0 bridgehead atoms. The third-order valence-electron chi connectivity index (χ3n) is 2.01. The largest absolute Gasteiger partial charge is 0.483 e. The molecule has 0 atom stereocenters. The second kappa shape index (κ2) is 4.22. The maximum Gasteiger partial charge on any atom is 0.152 e. The summed E-state index contributed by atoms with van der Waals surface area (Å²) in [5.74, 6) is -1.06. The average molecular weight is 225 g/mol. The number of rotatable bonds is 3. The Labute approximate surface area is 90.4 Å². The normalized spacial score (nSPS) is 10.4. The molecule has 5 heteroatoms. The molecule has 0 saturated heterocycles. The lowest BCUT2D eigenvalue weighted by Gasteiger charge is -2.08. The molecule has 0 spiro atoms. The van der Waals surface area contributed by atoms with E-state index in [1.54, 1.807) is 12.1 Å². The van der Waals surface area contributed by atoms with Crippen molar-refractivity contribution in [2.75, 3.05) is 5.73 Å². The van der Waals surface area contributed by atoms with Crippen LogP contribution in [0.1, 0.15) is 5.76 Å². The summed E-state index contributed by atoms with van der Waals surface area (Å²) in [7, 11) is 0. The summed E-state index contributed by atoms with van der Waals surface area (Å²) in [4.78, 5) is 0. The van der Waals surface area contributed by atoms with Crippen molar-refractivity contribution in [1.82, 2.24) is 0 Å². The average Bonchev–Trinajstić information content (AvgIpc) is 2.74. The summed E-state index contributed by atoms with van der Waals surface area (Å²) >= 11 is 0. The maximum absolute atomic E-state index is 13.0. The first kappa shape index (κ1) is 10.5. The predicted molar refractivity (Wildman–Crippen MR) is 53.8 cm³/mol. The van der Waals surface area contributed by atoms with Crippen molar-refractivity contribution in [3.63, 3.8) is 0 Å².